The average Bonchev–Trinajstić information content (AvgIpc) is 3.07. The Labute approximate surface area is 141 Å². The zero-order valence-corrected chi connectivity index (χ0v) is 13.1. The first-order valence-corrected chi connectivity index (χ1v) is 7.76. The lowest BCUT2D eigenvalue weighted by atomic mass is 10.1. The molecule has 128 valence electrons. The Morgan fingerprint density at radius 1 is 1.24 bits per heavy atom. The summed E-state index contributed by atoms with van der Waals surface area (Å²) in [5.74, 6) is -2.04. The van der Waals surface area contributed by atoms with Crippen molar-refractivity contribution >= 4 is 11.4 Å². The molecule has 2 aromatic heterocycles. The number of carbonyl (C=O) groups is 1. The summed E-state index contributed by atoms with van der Waals surface area (Å²) in [6.45, 7) is 0.977. The minimum absolute atomic E-state index is 0.195. The summed E-state index contributed by atoms with van der Waals surface area (Å²) in [7, 11) is 0. The fourth-order valence-electron chi connectivity index (χ4n) is 2.92. The van der Waals surface area contributed by atoms with E-state index in [9.17, 15) is 13.6 Å². The second-order valence-electron chi connectivity index (χ2n) is 5.75. The molecular weight excluding hydrogens is 330 g/mol. The van der Waals surface area contributed by atoms with Gasteiger partial charge < -0.3 is 9.64 Å². The minimum Gasteiger partial charge on any atom is -0.370 e. The molecule has 25 heavy (non-hydrogen) atoms. The third-order valence-corrected chi connectivity index (χ3v) is 4.22. The van der Waals surface area contributed by atoms with Crippen LogP contribution in [0.1, 0.15) is 22.0 Å². The van der Waals surface area contributed by atoms with E-state index in [1.165, 1.54) is 12.3 Å². The Bertz CT molecular complexity index is 943. The number of hydrogen-bond acceptors (Lipinski definition) is 4. The largest absolute Gasteiger partial charge is 0.370 e. The van der Waals surface area contributed by atoms with Gasteiger partial charge in [0.05, 0.1) is 36.6 Å². The van der Waals surface area contributed by atoms with Crippen LogP contribution in [0.2, 0.25) is 0 Å². The van der Waals surface area contributed by atoms with Crippen molar-refractivity contribution in [3.63, 3.8) is 0 Å². The lowest BCUT2D eigenvalue weighted by molar-refractivity contribution is -0.0229. The predicted octanol–water partition coefficient (Wildman–Crippen LogP) is 2.22. The van der Waals surface area contributed by atoms with E-state index in [0.29, 0.717) is 29.8 Å². The fourth-order valence-corrected chi connectivity index (χ4v) is 2.92. The number of amides is 1. The predicted molar refractivity (Wildman–Crippen MR) is 83.9 cm³/mol. The van der Waals surface area contributed by atoms with Crippen molar-refractivity contribution < 1.29 is 18.3 Å². The molecule has 0 N–H and O–H groups in total. The summed E-state index contributed by atoms with van der Waals surface area (Å²) in [6, 6.07) is 3.63. The second kappa shape index (κ2) is 6.21. The van der Waals surface area contributed by atoms with Crippen LogP contribution >= 0.6 is 0 Å². The van der Waals surface area contributed by atoms with Crippen molar-refractivity contribution in [3.05, 3.63) is 65.7 Å². The number of ether oxygens (including phenoxy) is 1. The van der Waals surface area contributed by atoms with Crippen LogP contribution in [0.5, 0.6) is 0 Å². The monoisotopic (exact) mass is 344 g/mol. The fraction of sp³-hybridized carbons (Fsp3) is 0.235. The number of hydrogen-bond donors (Lipinski definition) is 0. The number of carbonyl (C=O) groups excluding carboxylic acids is 1. The van der Waals surface area contributed by atoms with Gasteiger partial charge >= 0.3 is 0 Å². The molecule has 1 unspecified atom stereocenters. The zero-order chi connectivity index (χ0) is 17.4. The quantitative estimate of drug-likeness (QED) is 0.715. The van der Waals surface area contributed by atoms with Crippen LogP contribution < -0.4 is 0 Å². The van der Waals surface area contributed by atoms with Gasteiger partial charge in [0.2, 0.25) is 0 Å². The van der Waals surface area contributed by atoms with Crippen LogP contribution in [0.15, 0.2) is 43.0 Å². The van der Waals surface area contributed by atoms with Crippen molar-refractivity contribution in [2.24, 2.45) is 0 Å². The van der Waals surface area contributed by atoms with Gasteiger partial charge in [0.15, 0.2) is 11.6 Å². The molecular formula is C17H14F2N4O2. The van der Waals surface area contributed by atoms with Gasteiger partial charge in [-0.1, -0.05) is 6.07 Å². The Kier molecular flexibility index (Phi) is 3.89. The molecule has 0 aliphatic carbocycles. The van der Waals surface area contributed by atoms with Crippen LogP contribution in [-0.2, 0) is 4.74 Å². The molecule has 6 nitrogen and oxygen atoms in total. The smallest absolute Gasteiger partial charge is 0.257 e. The number of morpholine rings is 1. The van der Waals surface area contributed by atoms with E-state index in [-0.39, 0.29) is 12.5 Å². The molecule has 0 saturated carbocycles. The summed E-state index contributed by atoms with van der Waals surface area (Å²) >= 11 is 0. The second-order valence-corrected chi connectivity index (χ2v) is 5.75. The third-order valence-electron chi connectivity index (χ3n) is 4.22. The number of fused-ring (bicyclic) bond motifs is 1. The summed E-state index contributed by atoms with van der Waals surface area (Å²) < 4.78 is 33.8. The maximum Gasteiger partial charge on any atom is 0.257 e. The zero-order valence-electron chi connectivity index (χ0n) is 13.1. The summed E-state index contributed by atoms with van der Waals surface area (Å²) in [5, 5.41) is 4.14. The standard InChI is InChI=1S/C17H14F2N4O2/c18-13-2-1-11(7-14(13)19)16-10-22(5-6-25-16)17(24)12-8-21-23-4-3-20-9-15(12)23/h1-4,7-9,16H,5-6,10H2. The summed E-state index contributed by atoms with van der Waals surface area (Å²) in [6.07, 6.45) is 5.82. The molecule has 1 aliphatic heterocycles. The number of nitrogens with zero attached hydrogens (tertiary/aromatic N) is 4. The van der Waals surface area contributed by atoms with Gasteiger partial charge in [-0.2, -0.15) is 5.10 Å². The summed E-state index contributed by atoms with van der Waals surface area (Å²) in [5.41, 5.74) is 1.56. The van der Waals surface area contributed by atoms with Crippen molar-refractivity contribution in [2.75, 3.05) is 19.7 Å². The highest BCUT2D eigenvalue weighted by atomic mass is 19.2. The molecule has 1 saturated heterocycles. The van der Waals surface area contributed by atoms with Crippen molar-refractivity contribution in [1.29, 1.82) is 0 Å². The molecule has 4 rings (SSSR count). The molecule has 3 heterocycles. The van der Waals surface area contributed by atoms with Crippen molar-refractivity contribution in [1.82, 2.24) is 19.5 Å². The van der Waals surface area contributed by atoms with Gasteiger partial charge in [-0.05, 0) is 17.7 Å². The number of aromatic nitrogens is 3. The maximum absolute atomic E-state index is 13.5. The van der Waals surface area contributed by atoms with Crippen LogP contribution in [0.25, 0.3) is 5.52 Å². The highest BCUT2D eigenvalue weighted by Gasteiger charge is 2.28. The van der Waals surface area contributed by atoms with Gasteiger partial charge in [0, 0.05) is 18.9 Å². The van der Waals surface area contributed by atoms with E-state index in [4.69, 9.17) is 4.74 Å². The Morgan fingerprint density at radius 2 is 2.12 bits per heavy atom. The molecule has 0 radical (unpaired) electrons. The van der Waals surface area contributed by atoms with Crippen molar-refractivity contribution in [3.8, 4) is 0 Å². The van der Waals surface area contributed by atoms with Gasteiger partial charge in [0.1, 0.15) is 6.10 Å². The number of rotatable bonds is 2. The number of benzene rings is 1. The summed E-state index contributed by atoms with van der Waals surface area (Å²) in [4.78, 5) is 18.5. The minimum atomic E-state index is -0.932. The third kappa shape index (κ3) is 2.85. The molecule has 1 aromatic carbocycles. The topological polar surface area (TPSA) is 59.7 Å². The number of halogens is 2. The van der Waals surface area contributed by atoms with Crippen molar-refractivity contribution in [2.45, 2.75) is 6.10 Å². The first kappa shape index (κ1) is 15.6. The normalized spacial score (nSPS) is 17.8. The molecule has 1 fully saturated rings. The van der Waals surface area contributed by atoms with Crippen LogP contribution in [0.4, 0.5) is 8.78 Å². The molecule has 1 amide bonds. The van der Waals surface area contributed by atoms with Gasteiger partial charge in [-0.25, -0.2) is 13.3 Å². The van der Waals surface area contributed by atoms with E-state index >= 15 is 0 Å². The molecule has 3 aromatic rings. The van der Waals surface area contributed by atoms with E-state index in [0.717, 1.165) is 12.1 Å². The lowest BCUT2D eigenvalue weighted by Crippen LogP contribution is -2.42. The van der Waals surface area contributed by atoms with Gasteiger partial charge in [0.25, 0.3) is 5.91 Å². The first-order valence-electron chi connectivity index (χ1n) is 7.76. The van der Waals surface area contributed by atoms with E-state index in [2.05, 4.69) is 10.1 Å². The van der Waals surface area contributed by atoms with E-state index in [1.807, 2.05) is 0 Å². The van der Waals surface area contributed by atoms with Gasteiger partial charge in [-0.3, -0.25) is 9.78 Å². The average molecular weight is 344 g/mol. The molecule has 0 bridgehead atoms. The molecule has 8 heteroatoms. The van der Waals surface area contributed by atoms with Crippen LogP contribution in [-0.4, -0.2) is 45.1 Å². The Morgan fingerprint density at radius 3 is 2.96 bits per heavy atom. The van der Waals surface area contributed by atoms with Crippen LogP contribution in [0.3, 0.4) is 0 Å². The van der Waals surface area contributed by atoms with E-state index < -0.39 is 17.7 Å². The van der Waals surface area contributed by atoms with Crippen LogP contribution in [0, 0.1) is 11.6 Å². The first-order chi connectivity index (χ1) is 12.1. The molecule has 1 aliphatic rings. The maximum atomic E-state index is 13.5. The lowest BCUT2D eigenvalue weighted by Gasteiger charge is -2.33. The highest BCUT2D eigenvalue weighted by molar-refractivity contribution is 6.00. The highest BCUT2D eigenvalue weighted by Crippen LogP contribution is 2.25. The molecule has 0 spiro atoms. The Hall–Kier alpha value is -2.87. The SMILES string of the molecule is O=C(c1cnn2ccncc12)N1CCOC(c2ccc(F)c(F)c2)C1. The Balaban J connectivity index is 1.58. The molecule has 1 atom stereocenters. The van der Waals surface area contributed by atoms with E-state index in [1.54, 1.807) is 28.0 Å². The van der Waals surface area contributed by atoms with Gasteiger partial charge in [-0.15, -0.1) is 0 Å².